The molecular formula is C12H23N5O3S. The summed E-state index contributed by atoms with van der Waals surface area (Å²) in [5.74, 6) is 0. The lowest BCUT2D eigenvalue weighted by Crippen LogP contribution is -2.38. The maximum atomic E-state index is 10.1. The molecule has 2 atom stereocenters. The van der Waals surface area contributed by atoms with E-state index in [1.54, 1.807) is 11.8 Å². The molecule has 0 spiro atoms. The van der Waals surface area contributed by atoms with Gasteiger partial charge in [0.15, 0.2) is 0 Å². The second-order valence-corrected chi connectivity index (χ2v) is 6.24. The molecule has 0 aromatic heterocycles. The first kappa shape index (κ1) is 17.8. The minimum absolute atomic E-state index is 0.112. The second-order valence-electron chi connectivity index (χ2n) is 4.94. The predicted molar refractivity (Wildman–Crippen MR) is 83.7 cm³/mol. The van der Waals surface area contributed by atoms with E-state index < -0.39 is 11.0 Å². The maximum Gasteiger partial charge on any atom is 0.249 e. The molecular weight excluding hydrogens is 294 g/mol. The van der Waals surface area contributed by atoms with Crippen LogP contribution in [-0.4, -0.2) is 65.6 Å². The lowest BCUT2D eigenvalue weighted by Gasteiger charge is -2.25. The molecule has 0 aromatic rings. The van der Waals surface area contributed by atoms with Gasteiger partial charge in [-0.15, -0.1) is 11.8 Å². The fourth-order valence-electron chi connectivity index (χ4n) is 1.89. The lowest BCUT2D eigenvalue weighted by molar-refractivity contribution is -0.402. The van der Waals surface area contributed by atoms with E-state index in [9.17, 15) is 15.2 Å². The van der Waals surface area contributed by atoms with Crippen molar-refractivity contribution in [1.29, 1.82) is 0 Å². The number of aliphatic hydroxyl groups excluding tert-OH is 1. The zero-order valence-electron chi connectivity index (χ0n) is 12.5. The van der Waals surface area contributed by atoms with Gasteiger partial charge < -0.3 is 20.3 Å². The summed E-state index contributed by atoms with van der Waals surface area (Å²) in [6.07, 6.45) is 4.06. The summed E-state index contributed by atoms with van der Waals surface area (Å²) >= 11 is 1.71. The lowest BCUT2D eigenvalue weighted by atomic mass is 10.2. The third-order valence-electron chi connectivity index (χ3n) is 2.75. The first-order valence-corrected chi connectivity index (χ1v) is 7.49. The number of thioether (sulfide) groups is 1. The Labute approximate surface area is 129 Å². The van der Waals surface area contributed by atoms with Crippen molar-refractivity contribution < 1.29 is 10.0 Å². The molecule has 1 aliphatic rings. The number of rotatable bonds is 9. The van der Waals surface area contributed by atoms with Crippen LogP contribution in [0.1, 0.15) is 6.42 Å². The fourth-order valence-corrected chi connectivity index (χ4v) is 3.35. The van der Waals surface area contributed by atoms with Gasteiger partial charge in [-0.3, -0.25) is 10.1 Å². The fraction of sp³-hybridized carbons (Fsp3) is 0.667. The summed E-state index contributed by atoms with van der Waals surface area (Å²) in [7, 11) is 5.87. The summed E-state index contributed by atoms with van der Waals surface area (Å²) in [6, 6.07) is 0. The van der Waals surface area contributed by atoms with E-state index in [0.717, 1.165) is 12.7 Å². The molecule has 0 saturated heterocycles. The molecule has 2 unspecified atom stereocenters. The van der Waals surface area contributed by atoms with Crippen LogP contribution in [0, 0.1) is 10.1 Å². The summed E-state index contributed by atoms with van der Waals surface area (Å²) in [6.45, 7) is 1.14. The minimum Gasteiger partial charge on any atom is -0.391 e. The van der Waals surface area contributed by atoms with Gasteiger partial charge >= 0.3 is 0 Å². The first-order valence-electron chi connectivity index (χ1n) is 6.61. The third-order valence-corrected chi connectivity index (χ3v) is 3.98. The number of hydrogen-bond acceptors (Lipinski definition) is 8. The molecule has 21 heavy (non-hydrogen) atoms. The van der Waals surface area contributed by atoms with Crippen LogP contribution in [0.2, 0.25) is 0 Å². The Hall–Kier alpha value is -1.29. The quantitative estimate of drug-likeness (QED) is 0.404. The van der Waals surface area contributed by atoms with E-state index in [0.29, 0.717) is 6.42 Å². The first-order chi connectivity index (χ1) is 9.92. The largest absolute Gasteiger partial charge is 0.391 e. The molecule has 3 N–H and O–H groups in total. The van der Waals surface area contributed by atoms with Crippen molar-refractivity contribution in [1.82, 2.24) is 20.7 Å². The molecule has 1 aliphatic heterocycles. The van der Waals surface area contributed by atoms with Crippen molar-refractivity contribution in [2.45, 2.75) is 17.9 Å². The van der Waals surface area contributed by atoms with Gasteiger partial charge in [0.05, 0.1) is 22.6 Å². The van der Waals surface area contributed by atoms with Crippen LogP contribution in [0.15, 0.2) is 23.5 Å². The van der Waals surface area contributed by atoms with Gasteiger partial charge in [-0.1, -0.05) is 0 Å². The van der Waals surface area contributed by atoms with Crippen molar-refractivity contribution in [3.05, 3.63) is 33.6 Å². The van der Waals surface area contributed by atoms with Crippen molar-refractivity contribution >= 4 is 11.8 Å². The van der Waals surface area contributed by atoms with Crippen LogP contribution < -0.4 is 10.7 Å². The Kier molecular flexibility index (Phi) is 7.51. The van der Waals surface area contributed by atoms with Crippen LogP contribution >= 0.6 is 11.8 Å². The van der Waals surface area contributed by atoms with Crippen molar-refractivity contribution in [2.24, 2.45) is 0 Å². The number of likely N-dealkylation sites (N-methyl/N-ethyl adjacent to an activating group) is 1. The monoisotopic (exact) mass is 317 g/mol. The maximum absolute atomic E-state index is 10.1. The van der Waals surface area contributed by atoms with E-state index >= 15 is 0 Å². The molecule has 0 amide bonds. The standard InChI is InChI=1S/C12H23N5O3S/c1-13-16-9-11(8-15(2)3)21-12(16)6-10(18)7-14-4-5-17(19)20/h4-5,9-10,12-14,18H,6-8H2,1-3H3. The Bertz CT molecular complexity index is 402. The van der Waals surface area contributed by atoms with Crippen LogP contribution in [0.4, 0.5) is 0 Å². The smallest absolute Gasteiger partial charge is 0.249 e. The SMILES string of the molecule is CNN1C=C(CN(C)C)SC1CC(O)CNC=C[N+](=O)[O-]. The molecule has 0 aromatic carbocycles. The summed E-state index contributed by atoms with van der Waals surface area (Å²) in [4.78, 5) is 12.9. The Morgan fingerprint density at radius 3 is 2.95 bits per heavy atom. The van der Waals surface area contributed by atoms with Gasteiger partial charge in [0.1, 0.15) is 0 Å². The van der Waals surface area contributed by atoms with E-state index in [1.807, 2.05) is 32.4 Å². The molecule has 120 valence electrons. The molecule has 0 radical (unpaired) electrons. The number of nitrogens with zero attached hydrogens (tertiary/aromatic N) is 3. The number of hydrogen-bond donors (Lipinski definition) is 3. The number of nitro groups is 1. The van der Waals surface area contributed by atoms with Gasteiger partial charge in [0, 0.05) is 37.7 Å². The highest BCUT2D eigenvalue weighted by Gasteiger charge is 2.27. The molecule has 0 fully saturated rings. The minimum atomic E-state index is -0.582. The topological polar surface area (TPSA) is 93.9 Å². The predicted octanol–water partition coefficient (Wildman–Crippen LogP) is -0.0128. The van der Waals surface area contributed by atoms with Gasteiger partial charge in [0.25, 0.3) is 0 Å². The Morgan fingerprint density at radius 1 is 1.67 bits per heavy atom. The zero-order valence-corrected chi connectivity index (χ0v) is 13.3. The van der Waals surface area contributed by atoms with Gasteiger partial charge in [-0.2, -0.15) is 0 Å². The van der Waals surface area contributed by atoms with Gasteiger partial charge in [-0.05, 0) is 14.1 Å². The summed E-state index contributed by atoms with van der Waals surface area (Å²) < 4.78 is 0. The molecule has 9 heteroatoms. The highest BCUT2D eigenvalue weighted by Crippen LogP contribution is 2.34. The molecule has 0 saturated carbocycles. The van der Waals surface area contributed by atoms with Crippen LogP contribution in [-0.2, 0) is 0 Å². The number of aliphatic hydroxyl groups is 1. The highest BCUT2D eigenvalue weighted by atomic mass is 32.2. The average Bonchev–Trinajstić information content (AvgIpc) is 2.75. The van der Waals surface area contributed by atoms with Crippen molar-refractivity contribution in [3.63, 3.8) is 0 Å². The average molecular weight is 317 g/mol. The highest BCUT2D eigenvalue weighted by molar-refractivity contribution is 8.03. The third kappa shape index (κ3) is 6.80. The summed E-state index contributed by atoms with van der Waals surface area (Å²) in [5, 5.41) is 24.9. The Morgan fingerprint density at radius 2 is 2.38 bits per heavy atom. The van der Waals surface area contributed by atoms with E-state index in [1.165, 1.54) is 11.1 Å². The molecule has 1 heterocycles. The van der Waals surface area contributed by atoms with Crippen LogP contribution in [0.3, 0.4) is 0 Å². The van der Waals surface area contributed by atoms with E-state index in [-0.39, 0.29) is 11.9 Å². The van der Waals surface area contributed by atoms with Crippen LogP contribution in [0.25, 0.3) is 0 Å². The number of hydrazine groups is 1. The normalized spacial score (nSPS) is 20.1. The van der Waals surface area contributed by atoms with E-state index in [4.69, 9.17) is 0 Å². The molecule has 1 rings (SSSR count). The molecule has 8 nitrogen and oxygen atoms in total. The molecule has 0 aliphatic carbocycles. The zero-order chi connectivity index (χ0) is 15.8. The second kappa shape index (κ2) is 8.88. The van der Waals surface area contributed by atoms with Crippen molar-refractivity contribution in [2.75, 3.05) is 34.2 Å². The number of nitrogens with one attached hydrogen (secondary N) is 2. The Balaban J connectivity index is 2.38. The van der Waals surface area contributed by atoms with E-state index in [2.05, 4.69) is 15.6 Å². The van der Waals surface area contributed by atoms with Crippen molar-refractivity contribution in [3.8, 4) is 0 Å². The van der Waals surface area contributed by atoms with Gasteiger partial charge in [-0.25, -0.2) is 5.43 Å². The van der Waals surface area contributed by atoms with Gasteiger partial charge in [0.2, 0.25) is 6.20 Å². The molecule has 0 bridgehead atoms. The summed E-state index contributed by atoms with van der Waals surface area (Å²) in [5.41, 5.74) is 3.09. The van der Waals surface area contributed by atoms with Crippen LogP contribution in [0.5, 0.6) is 0 Å².